The van der Waals surface area contributed by atoms with Crippen molar-refractivity contribution in [1.82, 2.24) is 5.43 Å². The molecule has 2 aliphatic carbocycles. The molecule has 0 aliphatic heterocycles. The summed E-state index contributed by atoms with van der Waals surface area (Å²) in [6.45, 7) is 0. The number of rotatable bonds is 3. The number of nitrogens with one attached hydrogen (secondary N) is 1. The predicted molar refractivity (Wildman–Crippen MR) is 76.0 cm³/mol. The summed E-state index contributed by atoms with van der Waals surface area (Å²) in [5.41, 5.74) is 5.23. The van der Waals surface area contributed by atoms with Crippen LogP contribution in [0.1, 0.15) is 50.0 Å². The largest absolute Gasteiger partial charge is 0.273 e. The number of carbonyl (C=O) groups is 1. The summed E-state index contributed by atoms with van der Waals surface area (Å²) in [5.74, 6) is 0.711. The average Bonchev–Trinajstić information content (AvgIpc) is 3.31. The molecule has 0 saturated heterocycles. The van der Waals surface area contributed by atoms with E-state index in [1.807, 2.05) is 6.07 Å². The van der Waals surface area contributed by atoms with Crippen LogP contribution in [0.25, 0.3) is 0 Å². The molecule has 0 bridgehead atoms. The normalized spacial score (nSPS) is 25.3. The number of hydrogen-bond acceptors (Lipinski definition) is 2. The van der Waals surface area contributed by atoms with Crippen LogP contribution in [0, 0.1) is 5.92 Å². The van der Waals surface area contributed by atoms with Gasteiger partial charge in [-0.05, 0) is 37.7 Å². The Hall–Kier alpha value is -1.64. The minimum Gasteiger partial charge on any atom is -0.273 e. The van der Waals surface area contributed by atoms with Gasteiger partial charge >= 0.3 is 0 Å². The Kier molecular flexibility index (Phi) is 3.62. The number of nitrogens with zero attached hydrogens (tertiary/aromatic N) is 1. The highest BCUT2D eigenvalue weighted by Crippen LogP contribution is 2.31. The number of hydrazone groups is 1. The Morgan fingerprint density at radius 3 is 2.63 bits per heavy atom. The molecule has 0 aromatic heterocycles. The van der Waals surface area contributed by atoms with Crippen molar-refractivity contribution >= 4 is 11.6 Å². The molecule has 2 fully saturated rings. The van der Waals surface area contributed by atoms with Crippen molar-refractivity contribution < 1.29 is 4.79 Å². The Morgan fingerprint density at radius 1 is 1.11 bits per heavy atom. The first-order valence-electron chi connectivity index (χ1n) is 7.26. The van der Waals surface area contributed by atoms with Crippen LogP contribution in [0.5, 0.6) is 0 Å². The number of hydrogen-bond donors (Lipinski definition) is 1. The van der Waals surface area contributed by atoms with Crippen molar-refractivity contribution in [3.63, 3.8) is 0 Å². The molecule has 2 saturated carbocycles. The summed E-state index contributed by atoms with van der Waals surface area (Å²) in [7, 11) is 0. The Morgan fingerprint density at radius 2 is 1.89 bits per heavy atom. The molecule has 0 unspecified atom stereocenters. The Balaban J connectivity index is 1.73. The molecular formula is C16H20N2O. The van der Waals surface area contributed by atoms with Crippen molar-refractivity contribution in [3.05, 3.63) is 35.9 Å². The van der Waals surface area contributed by atoms with Crippen molar-refractivity contribution in [2.75, 3.05) is 0 Å². The molecule has 100 valence electrons. The number of benzene rings is 1. The SMILES string of the molecule is O=C(NN=C1CCCC[C@H]1c1ccccc1)C1CC1. The quantitative estimate of drug-likeness (QED) is 0.829. The minimum absolute atomic E-state index is 0.102. The first kappa shape index (κ1) is 12.4. The van der Waals surface area contributed by atoms with E-state index in [4.69, 9.17) is 0 Å². The van der Waals surface area contributed by atoms with Gasteiger partial charge in [-0.15, -0.1) is 0 Å². The van der Waals surface area contributed by atoms with E-state index in [0.717, 1.165) is 31.4 Å². The highest BCUT2D eigenvalue weighted by molar-refractivity contribution is 5.93. The molecule has 0 spiro atoms. The molecule has 3 heteroatoms. The van der Waals surface area contributed by atoms with Crippen LogP contribution in [-0.4, -0.2) is 11.6 Å². The summed E-state index contributed by atoms with van der Waals surface area (Å²) in [5, 5.41) is 4.42. The maximum atomic E-state index is 11.7. The van der Waals surface area contributed by atoms with Gasteiger partial charge in [-0.2, -0.15) is 5.10 Å². The van der Waals surface area contributed by atoms with E-state index in [1.165, 1.54) is 18.4 Å². The molecule has 3 nitrogen and oxygen atoms in total. The third-order valence-corrected chi connectivity index (χ3v) is 4.04. The molecule has 0 radical (unpaired) electrons. The van der Waals surface area contributed by atoms with Crippen LogP contribution in [-0.2, 0) is 4.79 Å². The number of carbonyl (C=O) groups excluding carboxylic acids is 1. The summed E-state index contributed by atoms with van der Waals surface area (Å²) in [6.07, 6.45) is 6.63. The maximum Gasteiger partial charge on any atom is 0.243 e. The first-order valence-corrected chi connectivity index (χ1v) is 7.26. The summed E-state index contributed by atoms with van der Waals surface area (Å²) < 4.78 is 0. The zero-order valence-corrected chi connectivity index (χ0v) is 11.1. The molecule has 0 heterocycles. The van der Waals surface area contributed by atoms with Crippen LogP contribution in [0.3, 0.4) is 0 Å². The lowest BCUT2D eigenvalue weighted by molar-refractivity contribution is -0.122. The lowest BCUT2D eigenvalue weighted by Crippen LogP contribution is -2.25. The molecular weight excluding hydrogens is 236 g/mol. The first-order chi connectivity index (χ1) is 9.34. The highest BCUT2D eigenvalue weighted by atomic mass is 16.2. The number of amides is 1. The van der Waals surface area contributed by atoms with Gasteiger partial charge in [0, 0.05) is 17.5 Å². The van der Waals surface area contributed by atoms with Crippen LogP contribution < -0.4 is 5.43 Å². The van der Waals surface area contributed by atoms with E-state index >= 15 is 0 Å². The fraction of sp³-hybridized carbons (Fsp3) is 0.500. The van der Waals surface area contributed by atoms with Crippen molar-refractivity contribution in [3.8, 4) is 0 Å². The van der Waals surface area contributed by atoms with Gasteiger partial charge in [-0.1, -0.05) is 36.8 Å². The lowest BCUT2D eigenvalue weighted by Gasteiger charge is -2.24. The Bertz CT molecular complexity index is 477. The van der Waals surface area contributed by atoms with E-state index in [2.05, 4.69) is 34.8 Å². The van der Waals surface area contributed by atoms with Gasteiger partial charge < -0.3 is 0 Å². The maximum absolute atomic E-state index is 11.7. The van der Waals surface area contributed by atoms with Crippen molar-refractivity contribution in [2.45, 2.75) is 44.4 Å². The smallest absolute Gasteiger partial charge is 0.243 e. The fourth-order valence-electron chi connectivity index (χ4n) is 2.74. The van der Waals surface area contributed by atoms with E-state index in [9.17, 15) is 4.79 Å². The standard InChI is InChI=1S/C16H20N2O/c19-16(13-10-11-13)18-17-15-9-5-4-8-14(15)12-6-2-1-3-7-12/h1-3,6-7,13-14H,4-5,8-11H2,(H,18,19)/t14-/m0/s1. The molecule has 1 amide bonds. The van der Waals surface area contributed by atoms with Crippen LogP contribution in [0.4, 0.5) is 0 Å². The van der Waals surface area contributed by atoms with Gasteiger partial charge in [0.2, 0.25) is 5.91 Å². The van der Waals surface area contributed by atoms with Crippen LogP contribution in [0.15, 0.2) is 35.4 Å². The topological polar surface area (TPSA) is 41.5 Å². The summed E-state index contributed by atoms with van der Waals surface area (Å²) in [4.78, 5) is 11.7. The summed E-state index contributed by atoms with van der Waals surface area (Å²) in [6, 6.07) is 10.5. The van der Waals surface area contributed by atoms with Gasteiger partial charge in [0.1, 0.15) is 0 Å². The van der Waals surface area contributed by atoms with Gasteiger partial charge in [-0.25, -0.2) is 5.43 Å². The molecule has 2 aliphatic rings. The zero-order valence-electron chi connectivity index (χ0n) is 11.1. The van der Waals surface area contributed by atoms with Crippen LogP contribution in [0.2, 0.25) is 0 Å². The van der Waals surface area contributed by atoms with Gasteiger partial charge in [-0.3, -0.25) is 4.79 Å². The second-order valence-electron chi connectivity index (χ2n) is 5.56. The van der Waals surface area contributed by atoms with E-state index in [1.54, 1.807) is 0 Å². The van der Waals surface area contributed by atoms with E-state index in [-0.39, 0.29) is 11.8 Å². The molecule has 1 aromatic rings. The zero-order chi connectivity index (χ0) is 13.1. The molecule has 19 heavy (non-hydrogen) atoms. The van der Waals surface area contributed by atoms with Crippen molar-refractivity contribution in [2.24, 2.45) is 11.0 Å². The van der Waals surface area contributed by atoms with Crippen LogP contribution >= 0.6 is 0 Å². The fourth-order valence-corrected chi connectivity index (χ4v) is 2.74. The van der Waals surface area contributed by atoms with Gasteiger partial charge in [0.15, 0.2) is 0 Å². The lowest BCUT2D eigenvalue weighted by atomic mass is 9.82. The van der Waals surface area contributed by atoms with E-state index < -0.39 is 0 Å². The third-order valence-electron chi connectivity index (χ3n) is 4.04. The monoisotopic (exact) mass is 256 g/mol. The average molecular weight is 256 g/mol. The Labute approximate surface area is 114 Å². The van der Waals surface area contributed by atoms with E-state index in [0.29, 0.717) is 5.92 Å². The third kappa shape index (κ3) is 3.03. The summed E-state index contributed by atoms with van der Waals surface area (Å²) >= 11 is 0. The molecule has 1 atom stereocenters. The molecule has 1 aromatic carbocycles. The second kappa shape index (κ2) is 5.55. The van der Waals surface area contributed by atoms with Crippen molar-refractivity contribution in [1.29, 1.82) is 0 Å². The minimum atomic E-state index is 0.102. The van der Waals surface area contributed by atoms with Gasteiger partial charge in [0.25, 0.3) is 0 Å². The van der Waals surface area contributed by atoms with Gasteiger partial charge in [0.05, 0.1) is 0 Å². The predicted octanol–water partition coefficient (Wildman–Crippen LogP) is 3.23. The second-order valence-corrected chi connectivity index (χ2v) is 5.56. The molecule has 3 rings (SSSR count). The highest BCUT2D eigenvalue weighted by Gasteiger charge is 2.30. The molecule has 1 N–H and O–H groups in total.